The van der Waals surface area contributed by atoms with Crippen molar-refractivity contribution in [2.24, 2.45) is 0 Å². The summed E-state index contributed by atoms with van der Waals surface area (Å²) in [6.07, 6.45) is 4.57. The largest absolute Gasteiger partial charge is 0.465 e. The van der Waals surface area contributed by atoms with Gasteiger partial charge >= 0.3 is 5.97 Å². The molecule has 1 saturated carbocycles. The van der Waals surface area contributed by atoms with Gasteiger partial charge in [0, 0.05) is 32.8 Å². The van der Waals surface area contributed by atoms with Crippen LogP contribution in [0, 0.1) is 0 Å². The van der Waals surface area contributed by atoms with Crippen LogP contribution in [0.4, 0.5) is 0 Å². The van der Waals surface area contributed by atoms with Gasteiger partial charge in [0.05, 0.1) is 12.7 Å². The summed E-state index contributed by atoms with van der Waals surface area (Å²) in [7, 11) is 1.77. The SMILES string of the molecule is CCOC(=O)C(C)(CCN1CCC(OC)C1)NC1CC1. The average Bonchev–Trinajstić information content (AvgIpc) is 3.11. The van der Waals surface area contributed by atoms with Crippen LogP contribution in [0.1, 0.15) is 39.5 Å². The molecule has 116 valence electrons. The van der Waals surface area contributed by atoms with Gasteiger partial charge in [0.1, 0.15) is 5.54 Å². The minimum atomic E-state index is -0.553. The number of nitrogens with zero attached hydrogens (tertiary/aromatic N) is 1. The van der Waals surface area contributed by atoms with Crippen LogP contribution in [0.5, 0.6) is 0 Å². The Labute approximate surface area is 122 Å². The van der Waals surface area contributed by atoms with E-state index in [1.54, 1.807) is 7.11 Å². The minimum Gasteiger partial charge on any atom is -0.465 e. The molecule has 0 radical (unpaired) electrons. The smallest absolute Gasteiger partial charge is 0.326 e. The number of carbonyl (C=O) groups is 1. The van der Waals surface area contributed by atoms with Crippen molar-refractivity contribution in [3.8, 4) is 0 Å². The number of ether oxygens (including phenoxy) is 2. The van der Waals surface area contributed by atoms with Gasteiger partial charge < -0.3 is 14.4 Å². The molecule has 2 atom stereocenters. The van der Waals surface area contributed by atoms with E-state index in [-0.39, 0.29) is 5.97 Å². The number of rotatable bonds is 8. The fourth-order valence-corrected chi connectivity index (χ4v) is 2.78. The number of esters is 1. The van der Waals surface area contributed by atoms with Crippen molar-refractivity contribution in [3.05, 3.63) is 0 Å². The van der Waals surface area contributed by atoms with Crippen LogP contribution in [0.15, 0.2) is 0 Å². The number of carbonyl (C=O) groups excluding carboxylic acids is 1. The molecule has 2 rings (SSSR count). The highest BCUT2D eigenvalue weighted by molar-refractivity contribution is 5.80. The molecule has 0 spiro atoms. The third-order valence-electron chi connectivity index (χ3n) is 4.32. The topological polar surface area (TPSA) is 50.8 Å². The second-order valence-electron chi connectivity index (χ2n) is 6.17. The molecule has 0 aromatic carbocycles. The molecular weight excluding hydrogens is 256 g/mol. The number of hydrogen-bond acceptors (Lipinski definition) is 5. The number of nitrogens with one attached hydrogen (secondary N) is 1. The monoisotopic (exact) mass is 284 g/mol. The van der Waals surface area contributed by atoms with E-state index in [2.05, 4.69) is 10.2 Å². The predicted molar refractivity (Wildman–Crippen MR) is 77.7 cm³/mol. The molecule has 1 N–H and O–H groups in total. The number of methoxy groups -OCH3 is 1. The molecule has 2 aliphatic rings. The van der Waals surface area contributed by atoms with Crippen LogP contribution in [-0.4, -0.2) is 61.9 Å². The van der Waals surface area contributed by atoms with Crippen molar-refractivity contribution in [2.45, 2.75) is 57.2 Å². The lowest BCUT2D eigenvalue weighted by Gasteiger charge is -2.30. The van der Waals surface area contributed by atoms with Gasteiger partial charge in [0.2, 0.25) is 0 Å². The Morgan fingerprint density at radius 3 is 2.70 bits per heavy atom. The van der Waals surface area contributed by atoms with Gasteiger partial charge in [-0.05, 0) is 39.5 Å². The lowest BCUT2D eigenvalue weighted by atomic mass is 9.97. The molecule has 1 aliphatic heterocycles. The van der Waals surface area contributed by atoms with E-state index in [0.29, 0.717) is 18.8 Å². The van der Waals surface area contributed by atoms with Gasteiger partial charge in [-0.2, -0.15) is 0 Å². The van der Waals surface area contributed by atoms with E-state index in [4.69, 9.17) is 9.47 Å². The highest BCUT2D eigenvalue weighted by atomic mass is 16.5. The standard InChI is InChI=1S/C15H28N2O3/c1-4-20-14(18)15(2,16-12-5-6-12)8-10-17-9-7-13(11-17)19-3/h12-13,16H,4-11H2,1-3H3. The van der Waals surface area contributed by atoms with Crippen molar-refractivity contribution >= 4 is 5.97 Å². The van der Waals surface area contributed by atoms with Crippen molar-refractivity contribution in [2.75, 3.05) is 33.4 Å². The van der Waals surface area contributed by atoms with E-state index < -0.39 is 5.54 Å². The summed E-state index contributed by atoms with van der Waals surface area (Å²) in [4.78, 5) is 14.6. The zero-order chi connectivity index (χ0) is 14.6. The van der Waals surface area contributed by atoms with Gasteiger partial charge in [0.25, 0.3) is 0 Å². The number of hydrogen-bond donors (Lipinski definition) is 1. The minimum absolute atomic E-state index is 0.116. The Morgan fingerprint density at radius 2 is 2.15 bits per heavy atom. The summed E-state index contributed by atoms with van der Waals surface area (Å²) in [5.74, 6) is -0.116. The maximum Gasteiger partial charge on any atom is 0.326 e. The molecule has 20 heavy (non-hydrogen) atoms. The summed E-state index contributed by atoms with van der Waals surface area (Å²) in [5, 5.41) is 3.47. The van der Waals surface area contributed by atoms with E-state index >= 15 is 0 Å². The summed E-state index contributed by atoms with van der Waals surface area (Å²) in [5.41, 5.74) is -0.553. The normalized spacial score (nSPS) is 26.4. The average molecular weight is 284 g/mol. The molecule has 1 heterocycles. The Bertz CT molecular complexity index is 333. The molecule has 5 nitrogen and oxygen atoms in total. The summed E-state index contributed by atoms with van der Waals surface area (Å²) in [6.45, 7) is 7.22. The fourth-order valence-electron chi connectivity index (χ4n) is 2.78. The lowest BCUT2D eigenvalue weighted by molar-refractivity contribution is -0.151. The summed E-state index contributed by atoms with van der Waals surface area (Å²) in [6, 6.07) is 0.495. The molecule has 0 bridgehead atoms. The third kappa shape index (κ3) is 4.17. The Balaban J connectivity index is 1.85. The second kappa shape index (κ2) is 6.87. The molecule has 0 aromatic heterocycles. The fraction of sp³-hybridized carbons (Fsp3) is 0.933. The first-order chi connectivity index (χ1) is 9.57. The van der Waals surface area contributed by atoms with E-state index in [1.807, 2.05) is 13.8 Å². The lowest BCUT2D eigenvalue weighted by Crippen LogP contribution is -2.53. The van der Waals surface area contributed by atoms with Crippen LogP contribution >= 0.6 is 0 Å². The molecule has 5 heteroatoms. The summed E-state index contributed by atoms with van der Waals surface area (Å²) >= 11 is 0. The first-order valence-corrected chi connectivity index (χ1v) is 7.77. The van der Waals surface area contributed by atoms with Crippen LogP contribution < -0.4 is 5.32 Å². The zero-order valence-corrected chi connectivity index (χ0v) is 13.0. The molecule has 1 saturated heterocycles. The molecule has 0 amide bonds. The van der Waals surface area contributed by atoms with Crippen LogP contribution in [0.2, 0.25) is 0 Å². The Kier molecular flexibility index (Phi) is 5.41. The van der Waals surface area contributed by atoms with E-state index in [0.717, 1.165) is 32.5 Å². The van der Waals surface area contributed by atoms with Crippen molar-refractivity contribution in [3.63, 3.8) is 0 Å². The maximum atomic E-state index is 12.2. The van der Waals surface area contributed by atoms with E-state index in [9.17, 15) is 4.79 Å². The van der Waals surface area contributed by atoms with Crippen molar-refractivity contribution < 1.29 is 14.3 Å². The molecule has 0 aromatic rings. The predicted octanol–water partition coefficient (Wildman–Crippen LogP) is 1.17. The second-order valence-corrected chi connectivity index (χ2v) is 6.17. The Hall–Kier alpha value is -0.650. The van der Waals surface area contributed by atoms with Crippen molar-refractivity contribution in [1.29, 1.82) is 0 Å². The van der Waals surface area contributed by atoms with Crippen LogP contribution in [0.25, 0.3) is 0 Å². The highest BCUT2D eigenvalue weighted by Gasteiger charge is 2.40. The summed E-state index contributed by atoms with van der Waals surface area (Å²) < 4.78 is 10.6. The quantitative estimate of drug-likeness (QED) is 0.678. The maximum absolute atomic E-state index is 12.2. The Morgan fingerprint density at radius 1 is 1.40 bits per heavy atom. The van der Waals surface area contributed by atoms with Gasteiger partial charge in [0.15, 0.2) is 0 Å². The zero-order valence-electron chi connectivity index (χ0n) is 13.0. The van der Waals surface area contributed by atoms with Crippen LogP contribution in [0.3, 0.4) is 0 Å². The molecular formula is C15H28N2O3. The first kappa shape index (κ1) is 15.7. The van der Waals surface area contributed by atoms with E-state index in [1.165, 1.54) is 12.8 Å². The van der Waals surface area contributed by atoms with Gasteiger partial charge in [-0.25, -0.2) is 0 Å². The third-order valence-corrected chi connectivity index (χ3v) is 4.32. The number of likely N-dealkylation sites (tertiary alicyclic amines) is 1. The molecule has 2 unspecified atom stereocenters. The molecule has 1 aliphatic carbocycles. The van der Waals surface area contributed by atoms with Gasteiger partial charge in [-0.3, -0.25) is 10.1 Å². The molecule has 2 fully saturated rings. The first-order valence-electron chi connectivity index (χ1n) is 7.77. The highest BCUT2D eigenvalue weighted by Crippen LogP contribution is 2.25. The van der Waals surface area contributed by atoms with Gasteiger partial charge in [-0.1, -0.05) is 0 Å². The van der Waals surface area contributed by atoms with Gasteiger partial charge in [-0.15, -0.1) is 0 Å². The van der Waals surface area contributed by atoms with Crippen LogP contribution in [-0.2, 0) is 14.3 Å². The van der Waals surface area contributed by atoms with Crippen molar-refractivity contribution in [1.82, 2.24) is 10.2 Å².